The molecule has 4 heteroatoms. The van der Waals surface area contributed by atoms with E-state index in [-0.39, 0.29) is 23.8 Å². The van der Waals surface area contributed by atoms with Crippen molar-refractivity contribution in [1.82, 2.24) is 4.90 Å². The molecule has 1 aromatic rings. The molecule has 0 saturated carbocycles. The highest BCUT2D eigenvalue weighted by Crippen LogP contribution is 2.23. The van der Waals surface area contributed by atoms with Crippen LogP contribution < -0.4 is 0 Å². The first-order chi connectivity index (χ1) is 10.1. The van der Waals surface area contributed by atoms with Gasteiger partial charge in [-0.2, -0.15) is 0 Å². The van der Waals surface area contributed by atoms with Gasteiger partial charge in [-0.1, -0.05) is 30.3 Å². The van der Waals surface area contributed by atoms with Gasteiger partial charge in [-0.15, -0.1) is 0 Å². The molecule has 1 saturated heterocycles. The van der Waals surface area contributed by atoms with Crippen molar-refractivity contribution >= 4 is 11.7 Å². The first-order valence-corrected chi connectivity index (χ1v) is 7.52. The molecular formula is C17H23NO3. The Morgan fingerprint density at radius 2 is 2.05 bits per heavy atom. The summed E-state index contributed by atoms with van der Waals surface area (Å²) >= 11 is 0. The van der Waals surface area contributed by atoms with Crippen molar-refractivity contribution in [1.29, 1.82) is 0 Å². The number of likely N-dealkylation sites (tertiary alicyclic amines) is 1. The minimum atomic E-state index is -0.0800. The summed E-state index contributed by atoms with van der Waals surface area (Å²) in [4.78, 5) is 26.4. The van der Waals surface area contributed by atoms with Crippen LogP contribution in [0.4, 0.5) is 0 Å². The van der Waals surface area contributed by atoms with Crippen molar-refractivity contribution in [3.05, 3.63) is 35.9 Å². The Labute approximate surface area is 126 Å². The molecule has 1 amide bonds. The molecule has 0 radical (unpaired) electrons. The maximum atomic E-state index is 12.3. The van der Waals surface area contributed by atoms with Crippen LogP contribution in [0.25, 0.3) is 0 Å². The molecule has 0 N–H and O–H groups in total. The number of methoxy groups -OCH3 is 1. The first kappa shape index (κ1) is 15.7. The Kier molecular flexibility index (Phi) is 5.51. The third-order valence-electron chi connectivity index (χ3n) is 4.08. The van der Waals surface area contributed by atoms with Crippen LogP contribution in [0.15, 0.2) is 30.3 Å². The van der Waals surface area contributed by atoms with Crippen molar-refractivity contribution in [2.75, 3.05) is 13.7 Å². The normalized spacial score (nSPS) is 19.5. The highest BCUT2D eigenvalue weighted by molar-refractivity contribution is 5.96. The third-order valence-corrected chi connectivity index (χ3v) is 4.08. The number of hydrogen-bond acceptors (Lipinski definition) is 3. The van der Waals surface area contributed by atoms with Gasteiger partial charge in [0.05, 0.1) is 12.5 Å². The fraction of sp³-hybridized carbons (Fsp3) is 0.529. The van der Waals surface area contributed by atoms with Crippen LogP contribution in [0.1, 0.15) is 43.0 Å². The number of rotatable bonds is 6. The number of carbonyl (C=O) groups is 2. The van der Waals surface area contributed by atoms with Crippen molar-refractivity contribution in [3.8, 4) is 0 Å². The predicted molar refractivity (Wildman–Crippen MR) is 81.2 cm³/mol. The zero-order chi connectivity index (χ0) is 15.2. The molecule has 1 heterocycles. The van der Waals surface area contributed by atoms with E-state index < -0.39 is 0 Å². The minimum absolute atomic E-state index is 0.0364. The average Bonchev–Trinajstić information content (AvgIpc) is 2.96. The Hall–Kier alpha value is -1.68. The molecule has 2 rings (SSSR count). The smallest absolute Gasteiger partial charge is 0.225 e. The van der Waals surface area contributed by atoms with Crippen LogP contribution in [0, 0.1) is 0 Å². The van der Waals surface area contributed by atoms with Crippen LogP contribution in [-0.4, -0.2) is 42.4 Å². The lowest BCUT2D eigenvalue weighted by atomic mass is 10.0. The van der Waals surface area contributed by atoms with E-state index in [4.69, 9.17) is 4.74 Å². The molecular weight excluding hydrogens is 266 g/mol. The SMILES string of the molecule is COC(C)CC(=O)N1CCCC1CC(=O)c1ccccc1. The zero-order valence-corrected chi connectivity index (χ0v) is 12.7. The summed E-state index contributed by atoms with van der Waals surface area (Å²) in [5, 5.41) is 0. The van der Waals surface area contributed by atoms with Gasteiger partial charge in [0.2, 0.25) is 5.91 Å². The molecule has 1 aliphatic rings. The lowest BCUT2D eigenvalue weighted by Crippen LogP contribution is -2.38. The Morgan fingerprint density at radius 3 is 2.71 bits per heavy atom. The minimum Gasteiger partial charge on any atom is -0.381 e. The van der Waals surface area contributed by atoms with Crippen molar-refractivity contribution < 1.29 is 14.3 Å². The number of ketones is 1. The molecule has 0 bridgehead atoms. The zero-order valence-electron chi connectivity index (χ0n) is 12.7. The number of benzene rings is 1. The summed E-state index contributed by atoms with van der Waals surface area (Å²) in [6.07, 6.45) is 2.60. The van der Waals surface area contributed by atoms with Gasteiger partial charge in [-0.25, -0.2) is 0 Å². The fourth-order valence-electron chi connectivity index (χ4n) is 2.78. The summed E-state index contributed by atoms with van der Waals surface area (Å²) in [6.45, 7) is 2.64. The van der Waals surface area contributed by atoms with Crippen LogP contribution >= 0.6 is 0 Å². The lowest BCUT2D eigenvalue weighted by Gasteiger charge is -2.25. The fourth-order valence-corrected chi connectivity index (χ4v) is 2.78. The molecule has 2 unspecified atom stereocenters. The molecule has 0 aliphatic carbocycles. The maximum Gasteiger partial charge on any atom is 0.225 e. The van der Waals surface area contributed by atoms with Crippen molar-refractivity contribution in [2.24, 2.45) is 0 Å². The van der Waals surface area contributed by atoms with Crippen molar-refractivity contribution in [2.45, 2.75) is 44.8 Å². The monoisotopic (exact) mass is 289 g/mol. The summed E-state index contributed by atoms with van der Waals surface area (Å²) in [5.41, 5.74) is 0.724. The maximum absolute atomic E-state index is 12.3. The third kappa shape index (κ3) is 4.14. The van der Waals surface area contributed by atoms with E-state index in [1.807, 2.05) is 42.2 Å². The number of carbonyl (C=O) groups excluding carboxylic acids is 2. The lowest BCUT2D eigenvalue weighted by molar-refractivity contribution is -0.134. The Balaban J connectivity index is 1.96. The highest BCUT2D eigenvalue weighted by atomic mass is 16.5. The number of amides is 1. The largest absolute Gasteiger partial charge is 0.381 e. The summed E-state index contributed by atoms with van der Waals surface area (Å²) in [5.74, 6) is 0.202. The number of ether oxygens (including phenoxy) is 1. The van der Waals surface area contributed by atoms with Crippen LogP contribution in [-0.2, 0) is 9.53 Å². The molecule has 1 aromatic carbocycles. The standard InChI is InChI=1S/C17H23NO3/c1-13(21-2)11-17(20)18-10-6-9-15(18)12-16(19)14-7-4-3-5-8-14/h3-5,7-8,13,15H,6,9-12H2,1-2H3. The molecule has 114 valence electrons. The Bertz CT molecular complexity index is 486. The van der Waals surface area contributed by atoms with Crippen LogP contribution in [0.3, 0.4) is 0 Å². The molecule has 1 fully saturated rings. The van der Waals surface area contributed by atoms with Gasteiger partial charge >= 0.3 is 0 Å². The van der Waals surface area contributed by atoms with Gasteiger partial charge < -0.3 is 9.64 Å². The molecule has 0 spiro atoms. The van der Waals surface area contributed by atoms with E-state index >= 15 is 0 Å². The van der Waals surface area contributed by atoms with Gasteiger partial charge in [-0.05, 0) is 19.8 Å². The molecule has 4 nitrogen and oxygen atoms in total. The summed E-state index contributed by atoms with van der Waals surface area (Å²) in [7, 11) is 1.61. The first-order valence-electron chi connectivity index (χ1n) is 7.52. The van der Waals surface area contributed by atoms with Gasteiger partial charge in [0.25, 0.3) is 0 Å². The second kappa shape index (κ2) is 7.36. The molecule has 0 aromatic heterocycles. The molecule has 21 heavy (non-hydrogen) atoms. The number of hydrogen-bond donors (Lipinski definition) is 0. The summed E-state index contributed by atoms with van der Waals surface area (Å²) in [6, 6.07) is 9.33. The van der Waals surface area contributed by atoms with E-state index in [1.165, 1.54) is 0 Å². The van der Waals surface area contributed by atoms with Gasteiger partial charge in [0.1, 0.15) is 0 Å². The average molecular weight is 289 g/mol. The van der Waals surface area contributed by atoms with Crippen molar-refractivity contribution in [3.63, 3.8) is 0 Å². The van der Waals surface area contributed by atoms with E-state index in [0.717, 1.165) is 24.9 Å². The second-order valence-corrected chi connectivity index (χ2v) is 5.63. The quantitative estimate of drug-likeness (QED) is 0.756. The van der Waals surface area contributed by atoms with E-state index in [9.17, 15) is 9.59 Å². The van der Waals surface area contributed by atoms with E-state index in [0.29, 0.717) is 12.8 Å². The molecule has 1 aliphatic heterocycles. The topological polar surface area (TPSA) is 46.6 Å². The van der Waals surface area contributed by atoms with Crippen LogP contribution in [0.5, 0.6) is 0 Å². The Morgan fingerprint density at radius 1 is 1.33 bits per heavy atom. The van der Waals surface area contributed by atoms with Gasteiger partial charge in [0.15, 0.2) is 5.78 Å². The second-order valence-electron chi connectivity index (χ2n) is 5.63. The highest BCUT2D eigenvalue weighted by Gasteiger charge is 2.30. The van der Waals surface area contributed by atoms with Crippen LogP contribution in [0.2, 0.25) is 0 Å². The van der Waals surface area contributed by atoms with E-state index in [2.05, 4.69) is 0 Å². The molecule has 2 atom stereocenters. The van der Waals surface area contributed by atoms with Gasteiger partial charge in [0, 0.05) is 31.7 Å². The number of nitrogens with zero attached hydrogens (tertiary/aromatic N) is 1. The van der Waals surface area contributed by atoms with E-state index in [1.54, 1.807) is 7.11 Å². The number of Topliss-reactive ketones (excluding diaryl/α,β-unsaturated/α-hetero) is 1. The predicted octanol–water partition coefficient (Wildman–Crippen LogP) is 2.68. The summed E-state index contributed by atoms with van der Waals surface area (Å²) < 4.78 is 5.15. The van der Waals surface area contributed by atoms with Gasteiger partial charge in [-0.3, -0.25) is 9.59 Å².